The second-order valence-electron chi connectivity index (χ2n) is 3.69. The predicted molar refractivity (Wildman–Crippen MR) is 64.7 cm³/mol. The fraction of sp³-hybridized carbons (Fsp3) is 0.286. The molecule has 0 aromatic heterocycles. The minimum Gasteiger partial charge on any atom is -0.481 e. The maximum absolute atomic E-state index is 11.1. The van der Waals surface area contributed by atoms with Gasteiger partial charge in [-0.1, -0.05) is 18.1 Å². The summed E-state index contributed by atoms with van der Waals surface area (Å²) in [5, 5.41) is 0. The quantitative estimate of drug-likeness (QED) is 0.424. The molecule has 0 amide bonds. The van der Waals surface area contributed by atoms with Crippen molar-refractivity contribution in [2.24, 2.45) is 5.92 Å². The Hall–Kier alpha value is -2.08. The van der Waals surface area contributed by atoms with Crippen molar-refractivity contribution in [2.75, 3.05) is 6.61 Å². The van der Waals surface area contributed by atoms with E-state index in [2.05, 4.69) is 5.92 Å². The number of rotatable bonds is 6. The molecule has 88 valence electrons. The van der Waals surface area contributed by atoms with Crippen LogP contribution in [0, 0.1) is 18.3 Å². The summed E-state index contributed by atoms with van der Waals surface area (Å²) >= 11 is 0. The first-order chi connectivity index (χ1) is 8.17. The van der Waals surface area contributed by atoms with E-state index in [1.807, 2.05) is 12.1 Å². The van der Waals surface area contributed by atoms with Crippen LogP contribution < -0.4 is 4.74 Å². The van der Waals surface area contributed by atoms with Crippen molar-refractivity contribution < 1.29 is 14.3 Å². The third-order valence-corrected chi connectivity index (χ3v) is 2.39. The van der Waals surface area contributed by atoms with Crippen molar-refractivity contribution in [3.63, 3.8) is 0 Å². The van der Waals surface area contributed by atoms with E-state index >= 15 is 0 Å². The largest absolute Gasteiger partial charge is 0.481 e. The summed E-state index contributed by atoms with van der Waals surface area (Å²) in [6, 6.07) is 7.19. The van der Waals surface area contributed by atoms with E-state index in [4.69, 9.17) is 11.2 Å². The Morgan fingerprint density at radius 2 is 2.12 bits per heavy atom. The van der Waals surface area contributed by atoms with Crippen molar-refractivity contribution in [3.05, 3.63) is 29.8 Å². The molecular formula is C14H14O3. The summed E-state index contributed by atoms with van der Waals surface area (Å²) in [5.74, 6) is 2.37. The number of ketones is 1. The third kappa shape index (κ3) is 4.12. The van der Waals surface area contributed by atoms with Gasteiger partial charge in [-0.05, 0) is 31.0 Å². The minimum absolute atomic E-state index is 0.118. The van der Waals surface area contributed by atoms with E-state index in [1.54, 1.807) is 12.1 Å². The molecule has 1 unspecified atom stereocenters. The number of hydrogen-bond donors (Lipinski definition) is 0. The van der Waals surface area contributed by atoms with Crippen LogP contribution in [0.2, 0.25) is 0 Å². The van der Waals surface area contributed by atoms with Crippen LogP contribution in [0.3, 0.4) is 0 Å². The number of ether oxygens (including phenoxy) is 1. The lowest BCUT2D eigenvalue weighted by atomic mass is 9.97. The fourth-order valence-corrected chi connectivity index (χ4v) is 1.39. The number of Topliss-reactive ketones (excluding diaryl/α,β-unsaturated/α-hetero) is 1. The van der Waals surface area contributed by atoms with E-state index in [9.17, 15) is 9.59 Å². The van der Waals surface area contributed by atoms with Gasteiger partial charge in [0.15, 0.2) is 0 Å². The summed E-state index contributed by atoms with van der Waals surface area (Å²) < 4.78 is 5.22. The van der Waals surface area contributed by atoms with E-state index in [1.165, 1.54) is 6.92 Å². The lowest BCUT2D eigenvalue weighted by molar-refractivity contribution is -0.125. The maximum Gasteiger partial charge on any atom is 0.148 e. The van der Waals surface area contributed by atoms with Crippen LogP contribution in [-0.4, -0.2) is 18.7 Å². The molecule has 0 heterocycles. The highest BCUT2D eigenvalue weighted by atomic mass is 16.5. The lowest BCUT2D eigenvalue weighted by Gasteiger charge is -2.07. The van der Waals surface area contributed by atoms with Crippen LogP contribution >= 0.6 is 0 Å². The molecule has 1 rings (SSSR count). The van der Waals surface area contributed by atoms with E-state index in [0.29, 0.717) is 18.5 Å². The Morgan fingerprint density at radius 1 is 1.47 bits per heavy atom. The zero-order valence-corrected chi connectivity index (χ0v) is 9.68. The molecule has 0 aliphatic rings. The zero-order chi connectivity index (χ0) is 12.7. The van der Waals surface area contributed by atoms with Crippen LogP contribution in [0.1, 0.15) is 12.5 Å². The molecule has 0 saturated carbocycles. The van der Waals surface area contributed by atoms with Crippen LogP contribution in [0.15, 0.2) is 24.3 Å². The molecule has 0 fully saturated rings. The van der Waals surface area contributed by atoms with Gasteiger partial charge < -0.3 is 9.53 Å². The fourth-order valence-electron chi connectivity index (χ4n) is 1.39. The molecule has 0 aliphatic heterocycles. The molecule has 0 saturated heterocycles. The molecule has 3 nitrogen and oxygen atoms in total. The van der Waals surface area contributed by atoms with Gasteiger partial charge in [-0.25, -0.2) is 0 Å². The number of carbonyl (C=O) groups excluding carboxylic acids is 2. The van der Waals surface area contributed by atoms with Crippen LogP contribution in [0.25, 0.3) is 0 Å². The van der Waals surface area contributed by atoms with Gasteiger partial charge in [0, 0.05) is 0 Å². The standard InChI is InChI=1S/C14H14O3/c1-3-8-17-14-6-4-12(5-7-14)9-13(10-15)11(2)16/h1,4-7,10,13H,8-9H2,2H3. The Balaban J connectivity index is 2.65. The van der Waals surface area contributed by atoms with Gasteiger partial charge in [0.2, 0.25) is 0 Å². The summed E-state index contributed by atoms with van der Waals surface area (Å²) in [4.78, 5) is 21.8. The van der Waals surface area contributed by atoms with E-state index in [0.717, 1.165) is 5.56 Å². The summed E-state index contributed by atoms with van der Waals surface area (Å²) in [6.45, 7) is 1.65. The number of benzene rings is 1. The van der Waals surface area contributed by atoms with E-state index in [-0.39, 0.29) is 12.4 Å². The first-order valence-corrected chi connectivity index (χ1v) is 5.28. The van der Waals surface area contributed by atoms with Gasteiger partial charge in [0.1, 0.15) is 24.4 Å². The highest BCUT2D eigenvalue weighted by molar-refractivity contribution is 5.91. The van der Waals surface area contributed by atoms with Crippen molar-refractivity contribution in [1.29, 1.82) is 0 Å². The highest BCUT2D eigenvalue weighted by Gasteiger charge is 2.13. The first-order valence-electron chi connectivity index (χ1n) is 5.28. The van der Waals surface area contributed by atoms with Gasteiger partial charge in [-0.3, -0.25) is 4.79 Å². The molecule has 3 heteroatoms. The Morgan fingerprint density at radius 3 is 2.59 bits per heavy atom. The molecule has 1 aromatic rings. The third-order valence-electron chi connectivity index (χ3n) is 2.39. The molecule has 17 heavy (non-hydrogen) atoms. The molecule has 0 bridgehead atoms. The monoisotopic (exact) mass is 230 g/mol. The number of carbonyl (C=O) groups is 2. The predicted octanol–water partition coefficient (Wildman–Crippen LogP) is 1.65. The number of aldehydes is 1. The second-order valence-corrected chi connectivity index (χ2v) is 3.69. The summed E-state index contributed by atoms with van der Waals surface area (Å²) in [6.07, 6.45) is 6.18. The lowest BCUT2D eigenvalue weighted by Crippen LogP contribution is -2.15. The Kier molecular flexibility index (Phi) is 4.96. The topological polar surface area (TPSA) is 43.4 Å². The second kappa shape index (κ2) is 6.49. The number of terminal acetylenes is 1. The zero-order valence-electron chi connectivity index (χ0n) is 9.68. The van der Waals surface area contributed by atoms with Gasteiger partial charge in [-0.15, -0.1) is 6.42 Å². The van der Waals surface area contributed by atoms with Crippen molar-refractivity contribution in [1.82, 2.24) is 0 Å². The highest BCUT2D eigenvalue weighted by Crippen LogP contribution is 2.14. The molecule has 0 spiro atoms. The van der Waals surface area contributed by atoms with Crippen LogP contribution in [0.5, 0.6) is 5.75 Å². The van der Waals surface area contributed by atoms with Crippen LogP contribution in [-0.2, 0) is 16.0 Å². The first kappa shape index (κ1) is 13.0. The molecule has 1 aromatic carbocycles. The van der Waals surface area contributed by atoms with Gasteiger partial charge in [0.05, 0.1) is 5.92 Å². The average molecular weight is 230 g/mol. The van der Waals surface area contributed by atoms with Crippen molar-refractivity contribution in [2.45, 2.75) is 13.3 Å². The normalized spacial score (nSPS) is 11.3. The molecule has 0 aliphatic carbocycles. The Labute approximate surface area is 101 Å². The van der Waals surface area contributed by atoms with Gasteiger partial charge in [0.25, 0.3) is 0 Å². The summed E-state index contributed by atoms with van der Waals surface area (Å²) in [5.41, 5.74) is 0.922. The molecule has 0 radical (unpaired) electrons. The summed E-state index contributed by atoms with van der Waals surface area (Å²) in [7, 11) is 0. The maximum atomic E-state index is 11.1. The molecular weight excluding hydrogens is 216 g/mol. The number of hydrogen-bond acceptors (Lipinski definition) is 3. The van der Waals surface area contributed by atoms with E-state index < -0.39 is 5.92 Å². The molecule has 0 N–H and O–H groups in total. The van der Waals surface area contributed by atoms with Gasteiger partial charge >= 0.3 is 0 Å². The van der Waals surface area contributed by atoms with Crippen LogP contribution in [0.4, 0.5) is 0 Å². The SMILES string of the molecule is C#CCOc1ccc(CC(C=O)C(C)=O)cc1. The minimum atomic E-state index is -0.563. The van der Waals surface area contributed by atoms with Crippen molar-refractivity contribution in [3.8, 4) is 18.1 Å². The van der Waals surface area contributed by atoms with Crippen molar-refractivity contribution >= 4 is 12.1 Å². The smallest absolute Gasteiger partial charge is 0.148 e. The Bertz CT molecular complexity index is 426. The van der Waals surface area contributed by atoms with Gasteiger partial charge in [-0.2, -0.15) is 0 Å². The molecule has 1 atom stereocenters. The average Bonchev–Trinajstić information content (AvgIpc) is 2.34.